The third-order valence-corrected chi connectivity index (χ3v) is 7.83. The van der Waals surface area contributed by atoms with Crippen LogP contribution in [0.2, 0.25) is 5.02 Å². The molecule has 1 amide bonds. The van der Waals surface area contributed by atoms with Gasteiger partial charge in [-0.2, -0.15) is 18.3 Å². The lowest BCUT2D eigenvalue weighted by atomic mass is 9.74. The molecule has 39 heavy (non-hydrogen) atoms. The number of hydrogen-bond donors (Lipinski definition) is 1. The van der Waals surface area contributed by atoms with Gasteiger partial charge in [0.2, 0.25) is 0 Å². The van der Waals surface area contributed by atoms with Gasteiger partial charge in [-0.1, -0.05) is 32.4 Å². The molecule has 1 fully saturated rings. The van der Waals surface area contributed by atoms with E-state index in [0.29, 0.717) is 6.42 Å². The van der Waals surface area contributed by atoms with Crippen molar-refractivity contribution < 1.29 is 37.1 Å². The zero-order chi connectivity index (χ0) is 29.3. The van der Waals surface area contributed by atoms with Crippen LogP contribution in [-0.2, 0) is 11.0 Å². The highest BCUT2D eigenvalue weighted by Crippen LogP contribution is 2.43. The minimum atomic E-state index is -4.97. The third kappa shape index (κ3) is 6.59. The molecule has 2 aromatic rings. The summed E-state index contributed by atoms with van der Waals surface area (Å²) in [4.78, 5) is 42.7. The second-order valence-corrected chi connectivity index (χ2v) is 11.4. The van der Waals surface area contributed by atoms with Crippen LogP contribution in [0, 0.1) is 16.6 Å². The Morgan fingerprint density at radius 3 is 2.31 bits per heavy atom. The Bertz CT molecular complexity index is 1230. The maximum atomic E-state index is 14.4. The number of amides is 1. The summed E-state index contributed by atoms with van der Waals surface area (Å²) in [5.41, 5.74) is -4.15. The number of hydrogen-bond acceptors (Lipinski definition) is 5. The molecule has 1 aliphatic rings. The number of rotatable bonds is 9. The molecule has 8 nitrogen and oxygen atoms in total. The maximum Gasteiger partial charge on any atom is 0.433 e. The van der Waals surface area contributed by atoms with Crippen molar-refractivity contribution in [1.82, 2.24) is 19.7 Å². The van der Waals surface area contributed by atoms with Gasteiger partial charge in [-0.05, 0) is 44.4 Å². The van der Waals surface area contributed by atoms with Gasteiger partial charge in [-0.15, -0.1) is 0 Å². The van der Waals surface area contributed by atoms with Crippen LogP contribution in [0.5, 0.6) is 0 Å². The van der Waals surface area contributed by atoms with E-state index in [2.05, 4.69) is 10.1 Å². The first-order valence-corrected chi connectivity index (χ1v) is 12.9. The van der Waals surface area contributed by atoms with Crippen LogP contribution in [0.25, 0.3) is 0 Å². The topological polar surface area (TPSA) is 105 Å². The number of halogens is 5. The molecular formula is C26H31ClF4N4O4. The molecule has 0 aromatic carbocycles. The molecule has 2 heterocycles. The van der Waals surface area contributed by atoms with Gasteiger partial charge in [0.25, 0.3) is 5.91 Å². The number of pyridine rings is 1. The van der Waals surface area contributed by atoms with Crippen LogP contribution in [0.4, 0.5) is 17.6 Å². The van der Waals surface area contributed by atoms with E-state index in [1.54, 1.807) is 20.8 Å². The maximum absolute atomic E-state index is 14.4. The van der Waals surface area contributed by atoms with E-state index >= 15 is 0 Å². The van der Waals surface area contributed by atoms with E-state index < -0.39 is 69.9 Å². The van der Waals surface area contributed by atoms with Gasteiger partial charge >= 0.3 is 12.1 Å². The minimum Gasteiger partial charge on any atom is -0.481 e. The number of alkyl halides is 3. The molecule has 214 valence electrons. The SMILES string of the molecule is CCC(C)(C)CN(CC(=O)c1c(F)cncc1Cl)C(=O)c1cnn([C@H]2CC[C@](C)(C(=O)O)CC2)c1C(F)(F)F. The van der Waals surface area contributed by atoms with Gasteiger partial charge in [-0.25, -0.2) is 4.39 Å². The van der Waals surface area contributed by atoms with Crippen molar-refractivity contribution in [3.63, 3.8) is 0 Å². The van der Waals surface area contributed by atoms with E-state index in [-0.39, 0.29) is 37.3 Å². The third-order valence-electron chi connectivity index (χ3n) is 7.55. The Hall–Kier alpha value is -3.02. The Morgan fingerprint density at radius 2 is 1.79 bits per heavy atom. The second kappa shape index (κ2) is 11.2. The van der Waals surface area contributed by atoms with Crippen molar-refractivity contribution in [3.8, 4) is 0 Å². The number of nitrogens with zero attached hydrogens (tertiary/aromatic N) is 4. The lowest BCUT2D eigenvalue weighted by Crippen LogP contribution is -2.42. The number of carbonyl (C=O) groups excluding carboxylic acids is 2. The molecule has 0 unspecified atom stereocenters. The van der Waals surface area contributed by atoms with Crippen LogP contribution in [0.15, 0.2) is 18.6 Å². The molecule has 0 saturated heterocycles. The molecule has 1 saturated carbocycles. The molecule has 0 atom stereocenters. The highest BCUT2D eigenvalue weighted by molar-refractivity contribution is 6.34. The largest absolute Gasteiger partial charge is 0.481 e. The van der Waals surface area contributed by atoms with Crippen molar-refractivity contribution in [2.45, 2.75) is 72.0 Å². The summed E-state index contributed by atoms with van der Waals surface area (Å²) in [5.74, 6) is -4.00. The van der Waals surface area contributed by atoms with Gasteiger partial charge in [-0.3, -0.25) is 24.0 Å². The summed E-state index contributed by atoms with van der Waals surface area (Å²) in [7, 11) is 0. The highest BCUT2D eigenvalue weighted by atomic mass is 35.5. The monoisotopic (exact) mass is 574 g/mol. The highest BCUT2D eigenvalue weighted by Gasteiger charge is 2.45. The number of carbonyl (C=O) groups is 3. The minimum absolute atomic E-state index is 0.0960. The van der Waals surface area contributed by atoms with Crippen molar-refractivity contribution >= 4 is 29.3 Å². The van der Waals surface area contributed by atoms with Crippen molar-refractivity contribution in [1.29, 1.82) is 0 Å². The summed E-state index contributed by atoms with van der Waals surface area (Å²) in [6.45, 7) is 6.14. The summed E-state index contributed by atoms with van der Waals surface area (Å²) in [6, 6.07) is -0.762. The molecule has 13 heteroatoms. The first-order valence-electron chi connectivity index (χ1n) is 12.5. The molecule has 3 rings (SSSR count). The summed E-state index contributed by atoms with van der Waals surface area (Å²) in [5, 5.41) is 13.1. The predicted octanol–water partition coefficient (Wildman–Crippen LogP) is 6.06. The number of ketones is 1. The Morgan fingerprint density at radius 1 is 1.18 bits per heavy atom. The summed E-state index contributed by atoms with van der Waals surface area (Å²) in [6.07, 6.45) is -1.20. The lowest BCUT2D eigenvalue weighted by Gasteiger charge is -2.35. The van der Waals surface area contributed by atoms with E-state index in [0.717, 1.165) is 28.2 Å². The quantitative estimate of drug-likeness (QED) is 0.288. The average molecular weight is 575 g/mol. The van der Waals surface area contributed by atoms with E-state index in [1.807, 2.05) is 6.92 Å². The van der Waals surface area contributed by atoms with Crippen LogP contribution in [0.1, 0.15) is 92.3 Å². The predicted molar refractivity (Wildman–Crippen MR) is 134 cm³/mol. The molecule has 0 spiro atoms. The molecule has 0 bridgehead atoms. The number of carboxylic acid groups (broad SMARTS) is 1. The molecule has 1 aliphatic carbocycles. The van der Waals surface area contributed by atoms with Crippen molar-refractivity contribution in [2.24, 2.45) is 10.8 Å². The van der Waals surface area contributed by atoms with Gasteiger partial charge < -0.3 is 10.0 Å². The first-order chi connectivity index (χ1) is 18.0. The van der Waals surface area contributed by atoms with Crippen molar-refractivity contribution in [2.75, 3.05) is 13.1 Å². The fourth-order valence-electron chi connectivity index (χ4n) is 4.70. The normalized spacial score (nSPS) is 20.1. The zero-order valence-electron chi connectivity index (χ0n) is 22.1. The summed E-state index contributed by atoms with van der Waals surface area (Å²) < 4.78 is 58.2. The first kappa shape index (κ1) is 30.5. The second-order valence-electron chi connectivity index (χ2n) is 11.0. The van der Waals surface area contributed by atoms with Gasteiger partial charge in [0.05, 0.1) is 46.5 Å². The number of aromatic nitrogens is 3. The van der Waals surface area contributed by atoms with E-state index in [1.165, 1.54) is 0 Å². The smallest absolute Gasteiger partial charge is 0.433 e. The number of aliphatic carboxylic acids is 1. The number of Topliss-reactive ketones (excluding diaryl/α,β-unsaturated/α-hetero) is 1. The molecule has 1 N–H and O–H groups in total. The fraction of sp³-hybridized carbons (Fsp3) is 0.577. The van der Waals surface area contributed by atoms with Crippen LogP contribution in [0.3, 0.4) is 0 Å². The van der Waals surface area contributed by atoms with Gasteiger partial charge in [0.15, 0.2) is 17.3 Å². The van der Waals surface area contributed by atoms with Crippen LogP contribution < -0.4 is 0 Å². The average Bonchev–Trinajstić information content (AvgIpc) is 3.29. The molecular weight excluding hydrogens is 544 g/mol. The zero-order valence-corrected chi connectivity index (χ0v) is 22.9. The summed E-state index contributed by atoms with van der Waals surface area (Å²) >= 11 is 5.95. The Labute approximate surface area is 228 Å². The van der Waals surface area contributed by atoms with Gasteiger partial charge in [0, 0.05) is 12.7 Å². The van der Waals surface area contributed by atoms with Crippen LogP contribution in [-0.4, -0.2) is 55.5 Å². The molecule has 0 radical (unpaired) electrons. The Balaban J connectivity index is 2.00. The van der Waals surface area contributed by atoms with Gasteiger partial charge in [0.1, 0.15) is 0 Å². The van der Waals surface area contributed by atoms with Crippen LogP contribution >= 0.6 is 11.6 Å². The lowest BCUT2D eigenvalue weighted by molar-refractivity contribution is -0.152. The number of carboxylic acids is 1. The fourth-order valence-corrected chi connectivity index (χ4v) is 4.96. The van der Waals surface area contributed by atoms with E-state index in [4.69, 9.17) is 11.6 Å². The van der Waals surface area contributed by atoms with Crippen molar-refractivity contribution in [3.05, 3.63) is 46.3 Å². The standard InChI is InChI=1S/C26H31ClF4N4O4/c1-5-24(2,3)14-34(13-19(36)20-17(27)11-32-12-18(20)28)22(37)16-10-33-35(21(16)26(29,30)31)15-6-8-25(4,9-7-15)23(38)39/h10-12,15H,5-9,13-14H2,1-4H3,(H,38,39)/t15-,25-. The van der Waals surface area contributed by atoms with E-state index in [9.17, 15) is 37.1 Å². The molecule has 0 aliphatic heterocycles. The molecule has 2 aromatic heterocycles. The Kier molecular flexibility index (Phi) is 8.79.